The highest BCUT2D eigenvalue weighted by molar-refractivity contribution is 8.00. The van der Waals surface area contributed by atoms with E-state index in [0.29, 0.717) is 27.7 Å². The summed E-state index contributed by atoms with van der Waals surface area (Å²) < 4.78 is 0. The zero-order chi connectivity index (χ0) is 26.4. The molecule has 1 aliphatic rings. The average molecular weight is 549 g/mol. The van der Waals surface area contributed by atoms with Crippen LogP contribution in [0.4, 0.5) is 16.4 Å². The van der Waals surface area contributed by atoms with Gasteiger partial charge in [-0.05, 0) is 99.3 Å². The van der Waals surface area contributed by atoms with Gasteiger partial charge in [-0.3, -0.25) is 9.59 Å². The van der Waals surface area contributed by atoms with E-state index in [2.05, 4.69) is 22.0 Å². The third kappa shape index (κ3) is 6.77. The van der Waals surface area contributed by atoms with Crippen molar-refractivity contribution >= 4 is 68.5 Å². The molecule has 0 fully saturated rings. The van der Waals surface area contributed by atoms with Crippen LogP contribution in [-0.2, 0) is 17.6 Å². The molecule has 9 heteroatoms. The SMILES string of the molecule is CCC(Sc1cccc(NC(=S)Nc2ccc(C(C)=O)cc2)c1)C(=O)Nc1sc2c(c1C#N)CCCC2. The molecular weight excluding hydrogens is 521 g/mol. The first-order valence-corrected chi connectivity index (χ1v) is 14.3. The van der Waals surface area contributed by atoms with Gasteiger partial charge in [0.05, 0.1) is 10.8 Å². The highest BCUT2D eigenvalue weighted by Crippen LogP contribution is 2.38. The molecule has 1 heterocycles. The number of amides is 1. The van der Waals surface area contributed by atoms with Gasteiger partial charge in [0.25, 0.3) is 0 Å². The maximum atomic E-state index is 13.2. The van der Waals surface area contributed by atoms with Gasteiger partial charge in [-0.1, -0.05) is 13.0 Å². The number of rotatable bonds is 8. The van der Waals surface area contributed by atoms with Crippen LogP contribution in [0.1, 0.15) is 59.5 Å². The van der Waals surface area contributed by atoms with E-state index in [0.717, 1.165) is 47.5 Å². The summed E-state index contributed by atoms with van der Waals surface area (Å²) >= 11 is 8.48. The van der Waals surface area contributed by atoms with E-state index in [1.807, 2.05) is 43.3 Å². The number of anilines is 3. The smallest absolute Gasteiger partial charge is 0.238 e. The van der Waals surface area contributed by atoms with E-state index in [4.69, 9.17) is 12.2 Å². The molecule has 0 saturated carbocycles. The second kappa shape index (κ2) is 12.4. The van der Waals surface area contributed by atoms with Gasteiger partial charge < -0.3 is 16.0 Å². The first kappa shape index (κ1) is 26.9. The van der Waals surface area contributed by atoms with Gasteiger partial charge in [0.15, 0.2) is 10.9 Å². The van der Waals surface area contributed by atoms with Crippen molar-refractivity contribution in [2.75, 3.05) is 16.0 Å². The van der Waals surface area contributed by atoms with Crippen molar-refractivity contribution in [1.82, 2.24) is 0 Å². The molecule has 0 bridgehead atoms. The topological polar surface area (TPSA) is 94.0 Å². The number of Topliss-reactive ketones (excluding diaryl/α,β-unsaturated/α-hetero) is 1. The van der Waals surface area contributed by atoms with Crippen LogP contribution in [0.25, 0.3) is 0 Å². The van der Waals surface area contributed by atoms with Crippen LogP contribution in [0, 0.1) is 11.3 Å². The number of nitrogens with one attached hydrogen (secondary N) is 3. The Kier molecular flexibility index (Phi) is 8.98. The van der Waals surface area contributed by atoms with E-state index >= 15 is 0 Å². The largest absolute Gasteiger partial charge is 0.332 e. The number of benzene rings is 2. The second-order valence-corrected chi connectivity index (χ2v) is 11.6. The molecule has 6 nitrogen and oxygen atoms in total. The molecule has 1 atom stereocenters. The predicted molar refractivity (Wildman–Crippen MR) is 157 cm³/mol. The standard InChI is InChI=1S/C28H28N4O2S3/c1-3-24(26(34)32-27-23(16-29)22-9-4-5-10-25(22)37-27)36-21-8-6-7-20(15-21)31-28(35)30-19-13-11-18(12-14-19)17(2)33/h6-8,11-15,24H,3-5,9-10H2,1-2H3,(H,32,34)(H2,30,31,35). The number of nitrogens with zero attached hydrogens (tertiary/aromatic N) is 1. The lowest BCUT2D eigenvalue weighted by molar-refractivity contribution is -0.115. The van der Waals surface area contributed by atoms with Gasteiger partial charge in [0.2, 0.25) is 5.91 Å². The summed E-state index contributed by atoms with van der Waals surface area (Å²) in [5, 5.41) is 19.8. The number of thiophene rings is 1. The van der Waals surface area contributed by atoms with E-state index in [1.165, 1.54) is 23.6 Å². The van der Waals surface area contributed by atoms with Crippen LogP contribution in [0.2, 0.25) is 0 Å². The zero-order valence-electron chi connectivity index (χ0n) is 20.7. The summed E-state index contributed by atoms with van der Waals surface area (Å²) in [4.78, 5) is 26.8. The second-order valence-electron chi connectivity index (χ2n) is 8.77. The fourth-order valence-corrected chi connectivity index (χ4v) is 6.67. The summed E-state index contributed by atoms with van der Waals surface area (Å²) in [6.45, 7) is 3.52. The van der Waals surface area contributed by atoms with Gasteiger partial charge in [-0.25, -0.2) is 0 Å². The maximum absolute atomic E-state index is 13.2. The van der Waals surface area contributed by atoms with Crippen molar-refractivity contribution in [3.8, 4) is 6.07 Å². The Labute approximate surface area is 230 Å². The molecular formula is C28H28N4O2S3. The Morgan fingerprint density at radius 1 is 1.08 bits per heavy atom. The number of thiocarbonyl (C=S) groups is 1. The average Bonchev–Trinajstić information content (AvgIpc) is 3.24. The van der Waals surface area contributed by atoms with Crippen LogP contribution in [-0.4, -0.2) is 22.1 Å². The van der Waals surface area contributed by atoms with E-state index < -0.39 is 0 Å². The van der Waals surface area contributed by atoms with Gasteiger partial charge in [0, 0.05) is 26.7 Å². The molecule has 4 rings (SSSR count). The van der Waals surface area contributed by atoms with Crippen molar-refractivity contribution < 1.29 is 9.59 Å². The lowest BCUT2D eigenvalue weighted by Crippen LogP contribution is -2.24. The van der Waals surface area contributed by atoms with Crippen molar-refractivity contribution in [2.45, 2.75) is 56.1 Å². The van der Waals surface area contributed by atoms with E-state index in [9.17, 15) is 14.9 Å². The minimum atomic E-state index is -0.300. The lowest BCUT2D eigenvalue weighted by atomic mass is 9.96. The van der Waals surface area contributed by atoms with Crippen molar-refractivity contribution in [3.05, 3.63) is 70.1 Å². The molecule has 1 aliphatic carbocycles. The molecule has 1 amide bonds. The molecule has 1 unspecified atom stereocenters. The van der Waals surface area contributed by atoms with Crippen molar-refractivity contribution in [3.63, 3.8) is 0 Å². The monoisotopic (exact) mass is 548 g/mol. The summed E-state index contributed by atoms with van der Waals surface area (Å²) in [5.74, 6) is -0.0761. The Balaban J connectivity index is 1.38. The first-order chi connectivity index (χ1) is 17.9. The summed E-state index contributed by atoms with van der Waals surface area (Å²) in [5.41, 5.74) is 3.98. The lowest BCUT2D eigenvalue weighted by Gasteiger charge is -2.16. The molecule has 2 aromatic carbocycles. The number of fused-ring (bicyclic) bond motifs is 1. The Morgan fingerprint density at radius 3 is 2.51 bits per heavy atom. The third-order valence-corrected chi connectivity index (χ3v) is 8.87. The van der Waals surface area contributed by atoms with Crippen molar-refractivity contribution in [2.24, 2.45) is 0 Å². The number of ketones is 1. The molecule has 3 N–H and O–H groups in total. The molecule has 37 heavy (non-hydrogen) atoms. The van der Waals surface area contributed by atoms with E-state index in [-0.39, 0.29) is 16.9 Å². The maximum Gasteiger partial charge on any atom is 0.238 e. The van der Waals surface area contributed by atoms with Gasteiger partial charge in [-0.15, -0.1) is 23.1 Å². The minimum Gasteiger partial charge on any atom is -0.332 e. The summed E-state index contributed by atoms with van der Waals surface area (Å²) in [6.07, 6.45) is 4.77. The number of carbonyl (C=O) groups excluding carboxylic acids is 2. The number of hydrogen-bond donors (Lipinski definition) is 3. The Hall–Kier alpha value is -3.19. The molecule has 190 valence electrons. The van der Waals surface area contributed by atoms with Gasteiger partial charge in [-0.2, -0.15) is 5.26 Å². The fraction of sp³-hybridized carbons (Fsp3) is 0.286. The Bertz CT molecular complexity index is 1360. The predicted octanol–water partition coefficient (Wildman–Crippen LogP) is 7.02. The number of thioether (sulfide) groups is 1. The number of hydrogen-bond acceptors (Lipinski definition) is 6. The Morgan fingerprint density at radius 2 is 1.81 bits per heavy atom. The van der Waals surface area contributed by atoms with Crippen molar-refractivity contribution in [1.29, 1.82) is 5.26 Å². The number of aryl methyl sites for hydroxylation is 1. The normalized spacial score (nSPS) is 13.1. The van der Waals surface area contributed by atoms with Crippen LogP contribution in [0.5, 0.6) is 0 Å². The molecule has 0 saturated heterocycles. The molecule has 0 radical (unpaired) electrons. The minimum absolute atomic E-state index is 0.0145. The molecule has 1 aromatic heterocycles. The third-order valence-electron chi connectivity index (χ3n) is 6.10. The van der Waals surface area contributed by atoms with Gasteiger partial charge in [0.1, 0.15) is 11.1 Å². The summed E-state index contributed by atoms with van der Waals surface area (Å²) in [7, 11) is 0. The van der Waals surface area contributed by atoms with Crippen LogP contribution in [0.3, 0.4) is 0 Å². The van der Waals surface area contributed by atoms with Crippen LogP contribution >= 0.6 is 35.3 Å². The molecule has 0 spiro atoms. The highest BCUT2D eigenvalue weighted by Gasteiger charge is 2.24. The number of carbonyl (C=O) groups is 2. The highest BCUT2D eigenvalue weighted by atomic mass is 32.2. The fourth-order valence-electron chi connectivity index (χ4n) is 4.18. The molecule has 0 aliphatic heterocycles. The first-order valence-electron chi connectivity index (χ1n) is 12.2. The zero-order valence-corrected chi connectivity index (χ0v) is 23.2. The summed E-state index contributed by atoms with van der Waals surface area (Å²) in [6, 6.07) is 17.2. The number of nitriles is 1. The molecule has 3 aromatic rings. The van der Waals surface area contributed by atoms with Gasteiger partial charge >= 0.3 is 0 Å². The quantitative estimate of drug-likeness (QED) is 0.158. The van der Waals surface area contributed by atoms with Crippen LogP contribution in [0.15, 0.2) is 53.4 Å². The van der Waals surface area contributed by atoms with E-state index in [1.54, 1.807) is 23.5 Å². The van der Waals surface area contributed by atoms with Crippen LogP contribution < -0.4 is 16.0 Å².